The van der Waals surface area contributed by atoms with Gasteiger partial charge in [-0.1, -0.05) is 0 Å². The molecule has 1 N–H and O–H groups in total. The first kappa shape index (κ1) is 14.0. The maximum Gasteiger partial charge on any atom is 0.251 e. The normalized spacial score (nSPS) is 12.2. The van der Waals surface area contributed by atoms with Gasteiger partial charge in [0.05, 0.1) is 0 Å². The van der Waals surface area contributed by atoms with Crippen LogP contribution in [-0.4, -0.2) is 17.8 Å². The van der Waals surface area contributed by atoms with E-state index in [1.54, 1.807) is 6.92 Å². The molecule has 0 bridgehead atoms. The molecule has 0 aliphatic heterocycles. The summed E-state index contributed by atoms with van der Waals surface area (Å²) in [5.41, 5.74) is 1.17. The third-order valence-corrected chi connectivity index (χ3v) is 2.72. The highest BCUT2D eigenvalue weighted by Gasteiger charge is 2.08. The smallest absolute Gasteiger partial charge is 0.251 e. The van der Waals surface area contributed by atoms with E-state index in [4.69, 9.17) is 11.6 Å². The fourth-order valence-corrected chi connectivity index (χ4v) is 1.72. The summed E-state index contributed by atoms with van der Waals surface area (Å²) >= 11 is 5.80. The molecule has 0 aliphatic carbocycles. The van der Waals surface area contributed by atoms with Crippen molar-refractivity contribution in [1.29, 1.82) is 0 Å². The van der Waals surface area contributed by atoms with E-state index < -0.39 is 0 Å². The minimum atomic E-state index is -0.324. The fourth-order valence-electron chi connectivity index (χ4n) is 1.56. The zero-order chi connectivity index (χ0) is 12.8. The summed E-state index contributed by atoms with van der Waals surface area (Å²) in [6.07, 6.45) is 1.71. The highest BCUT2D eigenvalue weighted by atomic mass is 35.5. The Bertz CT molecular complexity index is 393. The molecule has 0 aromatic heterocycles. The summed E-state index contributed by atoms with van der Waals surface area (Å²) in [7, 11) is 0. The van der Waals surface area contributed by atoms with Crippen LogP contribution in [-0.2, 0) is 0 Å². The van der Waals surface area contributed by atoms with Crippen molar-refractivity contribution >= 4 is 17.5 Å². The third kappa shape index (κ3) is 4.73. The van der Waals surface area contributed by atoms with Crippen LogP contribution in [0.15, 0.2) is 18.2 Å². The summed E-state index contributed by atoms with van der Waals surface area (Å²) in [5, 5.41) is 2.92. The van der Waals surface area contributed by atoms with Crippen LogP contribution in [0.5, 0.6) is 0 Å². The van der Waals surface area contributed by atoms with Gasteiger partial charge in [-0.15, -0.1) is 11.6 Å². The molecule has 0 heterocycles. The Kier molecular flexibility index (Phi) is 5.42. The van der Waals surface area contributed by atoms with Crippen LogP contribution in [0.1, 0.15) is 35.7 Å². The zero-order valence-electron chi connectivity index (χ0n) is 10.1. The van der Waals surface area contributed by atoms with Crippen molar-refractivity contribution < 1.29 is 9.18 Å². The SMILES string of the molecule is Cc1cc(F)ccc1C(=O)NCCCC(C)Cl. The second-order valence-electron chi connectivity index (χ2n) is 4.14. The lowest BCUT2D eigenvalue weighted by Crippen LogP contribution is -2.25. The van der Waals surface area contributed by atoms with Gasteiger partial charge in [-0.3, -0.25) is 4.79 Å². The second-order valence-corrected chi connectivity index (χ2v) is 4.88. The number of hydrogen-bond donors (Lipinski definition) is 1. The van der Waals surface area contributed by atoms with Crippen molar-refractivity contribution in [1.82, 2.24) is 5.32 Å². The standard InChI is InChI=1S/C13H17ClFNO/c1-9-8-11(15)5-6-12(9)13(17)16-7-3-4-10(2)14/h5-6,8,10H,3-4,7H2,1-2H3,(H,16,17). The molecule has 0 fully saturated rings. The Hall–Kier alpha value is -1.09. The van der Waals surface area contributed by atoms with E-state index >= 15 is 0 Å². The van der Waals surface area contributed by atoms with Gasteiger partial charge >= 0.3 is 0 Å². The summed E-state index contributed by atoms with van der Waals surface area (Å²) in [6.45, 7) is 4.24. The maximum absolute atomic E-state index is 12.9. The predicted molar refractivity (Wildman–Crippen MR) is 68.0 cm³/mol. The molecule has 0 radical (unpaired) electrons. The van der Waals surface area contributed by atoms with Gasteiger partial charge in [0, 0.05) is 17.5 Å². The topological polar surface area (TPSA) is 29.1 Å². The molecular formula is C13H17ClFNO. The van der Waals surface area contributed by atoms with Gasteiger partial charge in [0.1, 0.15) is 5.82 Å². The van der Waals surface area contributed by atoms with Crippen LogP contribution in [0, 0.1) is 12.7 Å². The third-order valence-electron chi connectivity index (χ3n) is 2.50. The summed E-state index contributed by atoms with van der Waals surface area (Å²) in [6, 6.07) is 4.16. The number of nitrogens with one attached hydrogen (secondary N) is 1. The number of aryl methyl sites for hydroxylation is 1. The Morgan fingerprint density at radius 2 is 2.24 bits per heavy atom. The van der Waals surface area contributed by atoms with Gasteiger partial charge in [-0.25, -0.2) is 4.39 Å². The first-order chi connectivity index (χ1) is 8.00. The molecule has 1 amide bonds. The number of amides is 1. The number of carbonyl (C=O) groups is 1. The zero-order valence-corrected chi connectivity index (χ0v) is 10.9. The van der Waals surface area contributed by atoms with Crippen LogP contribution in [0.4, 0.5) is 4.39 Å². The summed E-state index contributed by atoms with van der Waals surface area (Å²) < 4.78 is 12.9. The van der Waals surface area contributed by atoms with E-state index in [1.165, 1.54) is 18.2 Å². The second kappa shape index (κ2) is 6.60. The number of rotatable bonds is 5. The molecule has 0 spiro atoms. The summed E-state index contributed by atoms with van der Waals surface area (Å²) in [4.78, 5) is 11.8. The summed E-state index contributed by atoms with van der Waals surface area (Å²) in [5.74, 6) is -0.486. The van der Waals surface area contributed by atoms with Gasteiger partial charge < -0.3 is 5.32 Å². The Labute approximate surface area is 106 Å². The molecule has 94 valence electrons. The van der Waals surface area contributed by atoms with Crippen LogP contribution in [0.2, 0.25) is 0 Å². The molecular weight excluding hydrogens is 241 g/mol. The lowest BCUT2D eigenvalue weighted by atomic mass is 10.1. The molecule has 17 heavy (non-hydrogen) atoms. The lowest BCUT2D eigenvalue weighted by Gasteiger charge is -2.08. The first-order valence-electron chi connectivity index (χ1n) is 5.69. The van der Waals surface area contributed by atoms with Gasteiger partial charge in [-0.2, -0.15) is 0 Å². The molecule has 1 aromatic carbocycles. The van der Waals surface area contributed by atoms with Crippen LogP contribution < -0.4 is 5.32 Å². The van der Waals surface area contributed by atoms with E-state index in [1.807, 2.05) is 6.92 Å². The molecule has 2 nitrogen and oxygen atoms in total. The van der Waals surface area contributed by atoms with Gasteiger partial charge in [-0.05, 0) is 50.5 Å². The number of benzene rings is 1. The first-order valence-corrected chi connectivity index (χ1v) is 6.12. The van der Waals surface area contributed by atoms with E-state index in [0.29, 0.717) is 17.7 Å². The molecule has 1 unspecified atom stereocenters. The Balaban J connectivity index is 2.47. The predicted octanol–water partition coefficient (Wildman–Crippen LogP) is 3.27. The van der Waals surface area contributed by atoms with Crippen molar-refractivity contribution in [2.24, 2.45) is 0 Å². The van der Waals surface area contributed by atoms with E-state index in [-0.39, 0.29) is 17.1 Å². The van der Waals surface area contributed by atoms with Crippen molar-refractivity contribution in [2.45, 2.75) is 32.1 Å². The lowest BCUT2D eigenvalue weighted by molar-refractivity contribution is 0.0952. The van der Waals surface area contributed by atoms with E-state index in [9.17, 15) is 9.18 Å². The molecule has 1 aromatic rings. The van der Waals surface area contributed by atoms with Crippen LogP contribution in [0.25, 0.3) is 0 Å². The minimum absolute atomic E-state index is 0.124. The Morgan fingerprint density at radius 1 is 1.53 bits per heavy atom. The van der Waals surface area contributed by atoms with Crippen LogP contribution in [0.3, 0.4) is 0 Å². The average Bonchev–Trinajstić information content (AvgIpc) is 2.23. The van der Waals surface area contributed by atoms with Gasteiger partial charge in [0.15, 0.2) is 0 Å². The number of hydrogen-bond acceptors (Lipinski definition) is 1. The molecule has 0 saturated carbocycles. The number of alkyl halides is 1. The van der Waals surface area contributed by atoms with Crippen molar-refractivity contribution in [2.75, 3.05) is 6.54 Å². The van der Waals surface area contributed by atoms with E-state index in [0.717, 1.165) is 12.8 Å². The minimum Gasteiger partial charge on any atom is -0.352 e. The van der Waals surface area contributed by atoms with Gasteiger partial charge in [0.2, 0.25) is 0 Å². The van der Waals surface area contributed by atoms with Crippen molar-refractivity contribution in [3.8, 4) is 0 Å². The Morgan fingerprint density at radius 3 is 2.82 bits per heavy atom. The molecule has 1 atom stereocenters. The van der Waals surface area contributed by atoms with Crippen molar-refractivity contribution in [3.63, 3.8) is 0 Å². The highest BCUT2D eigenvalue weighted by Crippen LogP contribution is 2.10. The van der Waals surface area contributed by atoms with Gasteiger partial charge in [0.25, 0.3) is 5.91 Å². The molecule has 0 saturated heterocycles. The monoisotopic (exact) mass is 257 g/mol. The quantitative estimate of drug-likeness (QED) is 0.637. The molecule has 0 aliphatic rings. The van der Waals surface area contributed by atoms with Crippen molar-refractivity contribution in [3.05, 3.63) is 35.1 Å². The molecule has 1 rings (SSSR count). The van der Waals surface area contributed by atoms with E-state index in [2.05, 4.69) is 5.32 Å². The fraction of sp³-hybridized carbons (Fsp3) is 0.462. The van der Waals surface area contributed by atoms with Crippen LogP contribution >= 0.6 is 11.6 Å². The largest absolute Gasteiger partial charge is 0.352 e. The maximum atomic E-state index is 12.9. The highest BCUT2D eigenvalue weighted by molar-refractivity contribution is 6.20. The molecule has 4 heteroatoms. The number of halogens is 2. The number of carbonyl (C=O) groups excluding carboxylic acids is 1. The average molecular weight is 258 g/mol.